The molecule has 0 aromatic heterocycles. The number of ether oxygens (including phenoxy) is 1. The van der Waals surface area contributed by atoms with Crippen molar-refractivity contribution >= 4 is 29.1 Å². The van der Waals surface area contributed by atoms with Gasteiger partial charge in [0.1, 0.15) is 0 Å². The molecule has 170 valence electrons. The van der Waals surface area contributed by atoms with Crippen molar-refractivity contribution in [1.29, 1.82) is 0 Å². The fourth-order valence-corrected chi connectivity index (χ4v) is 3.18. The summed E-state index contributed by atoms with van der Waals surface area (Å²) >= 11 is 0. The summed E-state index contributed by atoms with van der Waals surface area (Å²) < 4.78 is 5.27. The Hall–Kier alpha value is -3.39. The van der Waals surface area contributed by atoms with Crippen LogP contribution in [0.2, 0.25) is 0 Å². The van der Waals surface area contributed by atoms with Crippen LogP contribution in [0.3, 0.4) is 0 Å². The summed E-state index contributed by atoms with van der Waals surface area (Å²) in [6.45, 7) is 6.35. The number of hydrogen-bond donors (Lipinski definition) is 3. The predicted octanol–water partition coefficient (Wildman–Crippen LogP) is 2.74. The van der Waals surface area contributed by atoms with Gasteiger partial charge in [0.15, 0.2) is 0 Å². The first-order chi connectivity index (χ1) is 15.5. The SMILES string of the molecule is CCC(C)NC(=O)c1ccc(NCC(=O)Nc2ccc(C(=O)N3CCOCC3)cc2)cc1. The molecule has 8 nitrogen and oxygen atoms in total. The molecular formula is C24H30N4O4. The molecule has 1 unspecified atom stereocenters. The molecular weight excluding hydrogens is 408 g/mol. The minimum Gasteiger partial charge on any atom is -0.378 e. The van der Waals surface area contributed by atoms with E-state index in [1.807, 2.05) is 13.8 Å². The van der Waals surface area contributed by atoms with E-state index in [4.69, 9.17) is 4.74 Å². The van der Waals surface area contributed by atoms with Gasteiger partial charge in [0, 0.05) is 41.6 Å². The number of nitrogens with one attached hydrogen (secondary N) is 3. The molecule has 32 heavy (non-hydrogen) atoms. The molecule has 2 aromatic carbocycles. The van der Waals surface area contributed by atoms with Gasteiger partial charge >= 0.3 is 0 Å². The lowest BCUT2D eigenvalue weighted by molar-refractivity contribution is -0.114. The third kappa shape index (κ3) is 6.55. The van der Waals surface area contributed by atoms with Crippen molar-refractivity contribution in [2.75, 3.05) is 43.5 Å². The van der Waals surface area contributed by atoms with Gasteiger partial charge in [-0.15, -0.1) is 0 Å². The van der Waals surface area contributed by atoms with Crippen LogP contribution in [-0.2, 0) is 9.53 Å². The van der Waals surface area contributed by atoms with E-state index in [1.165, 1.54) is 0 Å². The lowest BCUT2D eigenvalue weighted by atomic mass is 10.1. The normalized spacial score (nSPS) is 14.4. The largest absolute Gasteiger partial charge is 0.378 e. The number of anilines is 2. The fourth-order valence-electron chi connectivity index (χ4n) is 3.18. The summed E-state index contributed by atoms with van der Waals surface area (Å²) in [5.74, 6) is -0.357. The van der Waals surface area contributed by atoms with Crippen molar-refractivity contribution < 1.29 is 19.1 Å². The molecule has 3 rings (SSSR count). The Bertz CT molecular complexity index is 922. The van der Waals surface area contributed by atoms with Gasteiger partial charge in [0.05, 0.1) is 19.8 Å². The first-order valence-electron chi connectivity index (χ1n) is 10.9. The Kier molecular flexibility index (Phi) is 8.21. The summed E-state index contributed by atoms with van der Waals surface area (Å²) in [4.78, 5) is 38.6. The van der Waals surface area contributed by atoms with Crippen molar-refractivity contribution in [1.82, 2.24) is 10.2 Å². The standard InChI is InChI=1S/C24H30N4O4/c1-3-17(2)26-23(30)18-4-8-20(9-5-18)25-16-22(29)27-21-10-6-19(7-11-21)24(31)28-12-14-32-15-13-28/h4-11,17,25H,3,12-16H2,1-2H3,(H,26,30)(H,27,29). The molecule has 2 aromatic rings. The van der Waals surface area contributed by atoms with Crippen molar-refractivity contribution in [3.8, 4) is 0 Å². The van der Waals surface area contributed by atoms with Crippen LogP contribution in [0.15, 0.2) is 48.5 Å². The number of benzene rings is 2. The Morgan fingerprint density at radius 3 is 2.16 bits per heavy atom. The van der Waals surface area contributed by atoms with E-state index < -0.39 is 0 Å². The summed E-state index contributed by atoms with van der Waals surface area (Å²) in [6, 6.07) is 14.0. The number of carbonyl (C=O) groups is 3. The molecule has 0 aliphatic carbocycles. The van der Waals surface area contributed by atoms with Crippen LogP contribution in [0.5, 0.6) is 0 Å². The summed E-state index contributed by atoms with van der Waals surface area (Å²) in [5.41, 5.74) is 2.52. The first-order valence-corrected chi connectivity index (χ1v) is 10.9. The molecule has 3 N–H and O–H groups in total. The van der Waals surface area contributed by atoms with Gasteiger partial charge in [-0.1, -0.05) is 6.92 Å². The van der Waals surface area contributed by atoms with Crippen molar-refractivity contribution in [3.63, 3.8) is 0 Å². The molecule has 0 spiro atoms. The number of nitrogens with zero attached hydrogens (tertiary/aromatic N) is 1. The highest BCUT2D eigenvalue weighted by atomic mass is 16.5. The molecule has 1 aliphatic rings. The highest BCUT2D eigenvalue weighted by molar-refractivity contribution is 5.97. The number of amides is 3. The van der Waals surface area contributed by atoms with E-state index in [1.54, 1.807) is 53.4 Å². The van der Waals surface area contributed by atoms with Crippen LogP contribution in [-0.4, -0.2) is 61.5 Å². The molecule has 0 saturated carbocycles. The Morgan fingerprint density at radius 2 is 1.53 bits per heavy atom. The number of hydrogen-bond acceptors (Lipinski definition) is 5. The van der Waals surface area contributed by atoms with Gasteiger partial charge in [0.25, 0.3) is 11.8 Å². The van der Waals surface area contributed by atoms with E-state index in [0.717, 1.165) is 12.1 Å². The van der Waals surface area contributed by atoms with Crippen LogP contribution in [0, 0.1) is 0 Å². The van der Waals surface area contributed by atoms with E-state index >= 15 is 0 Å². The highest BCUT2D eigenvalue weighted by Crippen LogP contribution is 2.13. The molecule has 3 amide bonds. The quantitative estimate of drug-likeness (QED) is 0.589. The second-order valence-corrected chi connectivity index (χ2v) is 7.74. The zero-order valence-corrected chi connectivity index (χ0v) is 18.5. The van der Waals surface area contributed by atoms with Gasteiger partial charge in [-0.3, -0.25) is 14.4 Å². The molecule has 0 radical (unpaired) electrons. The van der Waals surface area contributed by atoms with Gasteiger partial charge in [-0.2, -0.15) is 0 Å². The smallest absolute Gasteiger partial charge is 0.254 e. The van der Waals surface area contributed by atoms with Crippen LogP contribution >= 0.6 is 0 Å². The Labute approximate surface area is 188 Å². The maximum atomic E-state index is 12.5. The minimum absolute atomic E-state index is 0.0332. The predicted molar refractivity (Wildman–Crippen MR) is 124 cm³/mol. The van der Waals surface area contributed by atoms with Crippen molar-refractivity contribution in [2.24, 2.45) is 0 Å². The topological polar surface area (TPSA) is 99.8 Å². The average molecular weight is 439 g/mol. The zero-order valence-electron chi connectivity index (χ0n) is 18.5. The second kappa shape index (κ2) is 11.3. The van der Waals surface area contributed by atoms with Crippen molar-refractivity contribution in [2.45, 2.75) is 26.3 Å². The maximum absolute atomic E-state index is 12.5. The van der Waals surface area contributed by atoms with Crippen LogP contribution in [0.25, 0.3) is 0 Å². The van der Waals surface area contributed by atoms with Gasteiger partial charge in [-0.25, -0.2) is 0 Å². The molecule has 1 atom stereocenters. The second-order valence-electron chi connectivity index (χ2n) is 7.74. The molecule has 1 aliphatic heterocycles. The van der Waals surface area contributed by atoms with Gasteiger partial charge in [-0.05, 0) is 61.9 Å². The third-order valence-electron chi connectivity index (χ3n) is 5.30. The minimum atomic E-state index is -0.212. The summed E-state index contributed by atoms with van der Waals surface area (Å²) in [6.07, 6.45) is 0.868. The number of morpholine rings is 1. The Morgan fingerprint density at radius 1 is 0.938 bits per heavy atom. The fraction of sp³-hybridized carbons (Fsp3) is 0.375. The van der Waals surface area contributed by atoms with E-state index in [-0.39, 0.29) is 30.3 Å². The zero-order chi connectivity index (χ0) is 22.9. The van der Waals surface area contributed by atoms with Crippen LogP contribution in [0.4, 0.5) is 11.4 Å². The monoisotopic (exact) mass is 438 g/mol. The summed E-state index contributed by atoms with van der Waals surface area (Å²) in [5, 5.41) is 8.76. The molecule has 8 heteroatoms. The Balaban J connectivity index is 1.46. The third-order valence-corrected chi connectivity index (χ3v) is 5.30. The summed E-state index contributed by atoms with van der Waals surface area (Å²) in [7, 11) is 0. The molecule has 1 saturated heterocycles. The molecule has 1 heterocycles. The van der Waals surface area contributed by atoms with Crippen LogP contribution < -0.4 is 16.0 Å². The number of carbonyl (C=O) groups excluding carboxylic acids is 3. The lowest BCUT2D eigenvalue weighted by Crippen LogP contribution is -2.40. The van der Waals surface area contributed by atoms with Crippen LogP contribution in [0.1, 0.15) is 41.0 Å². The number of rotatable bonds is 8. The highest BCUT2D eigenvalue weighted by Gasteiger charge is 2.18. The van der Waals surface area contributed by atoms with E-state index in [0.29, 0.717) is 43.1 Å². The molecule has 0 bridgehead atoms. The maximum Gasteiger partial charge on any atom is 0.254 e. The van der Waals surface area contributed by atoms with E-state index in [2.05, 4.69) is 16.0 Å². The van der Waals surface area contributed by atoms with Crippen molar-refractivity contribution in [3.05, 3.63) is 59.7 Å². The van der Waals surface area contributed by atoms with Gasteiger partial charge in [0.2, 0.25) is 5.91 Å². The van der Waals surface area contributed by atoms with E-state index in [9.17, 15) is 14.4 Å². The van der Waals surface area contributed by atoms with Gasteiger partial charge < -0.3 is 25.6 Å². The molecule has 1 fully saturated rings. The lowest BCUT2D eigenvalue weighted by Gasteiger charge is -2.26. The average Bonchev–Trinajstić information content (AvgIpc) is 2.83. The first kappa shape index (κ1) is 23.3.